The Hall–Kier alpha value is -2.01. The summed E-state index contributed by atoms with van der Waals surface area (Å²) in [7, 11) is 0. The molecule has 3 rings (SSSR count). The molecule has 4 nitrogen and oxygen atoms in total. The summed E-state index contributed by atoms with van der Waals surface area (Å²) in [4.78, 5) is 27.3. The number of rotatable bonds is 3. The molecule has 1 heterocycles. The van der Waals surface area contributed by atoms with Gasteiger partial charge in [-0.15, -0.1) is 11.3 Å². The molecule has 0 saturated heterocycles. The number of aliphatic carboxylic acids is 1. The zero-order valence-electron chi connectivity index (χ0n) is 10.9. The second-order valence-electron chi connectivity index (χ2n) is 5.00. The molecule has 102 valence electrons. The molecule has 0 saturated carbocycles. The number of carbonyl (C=O) groups is 2. The number of ketones is 1. The Labute approximate surface area is 120 Å². The van der Waals surface area contributed by atoms with Crippen molar-refractivity contribution >= 4 is 23.1 Å². The van der Waals surface area contributed by atoms with Crippen LogP contribution in [0.1, 0.15) is 44.5 Å². The van der Waals surface area contributed by atoms with Crippen molar-refractivity contribution in [2.24, 2.45) is 0 Å². The summed E-state index contributed by atoms with van der Waals surface area (Å²) in [5.41, 5.74) is 3.26. The van der Waals surface area contributed by atoms with Gasteiger partial charge in [0, 0.05) is 29.0 Å². The van der Waals surface area contributed by atoms with Crippen molar-refractivity contribution in [3.05, 3.63) is 51.0 Å². The maximum Gasteiger partial charge on any atom is 0.307 e. The minimum absolute atomic E-state index is 0.0232. The van der Waals surface area contributed by atoms with Gasteiger partial charge < -0.3 is 5.11 Å². The lowest BCUT2D eigenvalue weighted by atomic mass is 9.99. The predicted octanol–water partition coefficient (Wildman–Crippen LogP) is 2.80. The fourth-order valence-corrected chi connectivity index (χ4v) is 3.51. The van der Waals surface area contributed by atoms with Crippen LogP contribution in [-0.4, -0.2) is 21.8 Å². The lowest BCUT2D eigenvalue weighted by molar-refractivity contribution is -0.136. The molecule has 1 aliphatic carbocycles. The fourth-order valence-electron chi connectivity index (χ4n) is 2.59. The van der Waals surface area contributed by atoms with E-state index in [1.165, 1.54) is 0 Å². The average Bonchev–Trinajstić information content (AvgIpc) is 2.94. The Bertz CT molecular complexity index is 705. The van der Waals surface area contributed by atoms with E-state index in [0.717, 1.165) is 16.3 Å². The summed E-state index contributed by atoms with van der Waals surface area (Å²) in [5, 5.41) is 11.8. The van der Waals surface area contributed by atoms with E-state index in [1.807, 2.05) is 18.4 Å². The van der Waals surface area contributed by atoms with Crippen molar-refractivity contribution in [3.8, 4) is 0 Å². The van der Waals surface area contributed by atoms with Crippen molar-refractivity contribution in [2.45, 2.75) is 25.7 Å². The van der Waals surface area contributed by atoms with Crippen LogP contribution in [0.3, 0.4) is 0 Å². The van der Waals surface area contributed by atoms with Crippen molar-refractivity contribution in [1.29, 1.82) is 0 Å². The van der Waals surface area contributed by atoms with E-state index in [4.69, 9.17) is 5.11 Å². The van der Waals surface area contributed by atoms with Crippen molar-refractivity contribution in [1.82, 2.24) is 4.98 Å². The molecule has 1 aromatic heterocycles. The zero-order valence-corrected chi connectivity index (χ0v) is 11.7. The van der Waals surface area contributed by atoms with Gasteiger partial charge in [0.1, 0.15) is 5.01 Å². The van der Waals surface area contributed by atoms with Gasteiger partial charge in [0.25, 0.3) is 0 Å². The molecule has 20 heavy (non-hydrogen) atoms. The third-order valence-corrected chi connectivity index (χ3v) is 4.55. The summed E-state index contributed by atoms with van der Waals surface area (Å²) < 4.78 is 0. The first kappa shape index (κ1) is 13.0. The van der Waals surface area contributed by atoms with Crippen LogP contribution < -0.4 is 0 Å². The van der Waals surface area contributed by atoms with Crippen molar-refractivity contribution in [3.63, 3.8) is 0 Å². The largest absolute Gasteiger partial charge is 0.481 e. The van der Waals surface area contributed by atoms with Gasteiger partial charge in [-0.2, -0.15) is 0 Å². The van der Waals surface area contributed by atoms with Gasteiger partial charge in [0.15, 0.2) is 5.78 Å². The summed E-state index contributed by atoms with van der Waals surface area (Å²) in [6.07, 6.45) is 0.375. The molecule has 1 unspecified atom stereocenters. The van der Waals surface area contributed by atoms with E-state index in [9.17, 15) is 9.59 Å². The van der Waals surface area contributed by atoms with Crippen LogP contribution in [0.25, 0.3) is 0 Å². The van der Waals surface area contributed by atoms with Crippen LogP contribution in [-0.2, 0) is 11.2 Å². The molecule has 1 aliphatic rings. The number of hydrogen-bond acceptors (Lipinski definition) is 4. The number of carboxylic acids is 1. The monoisotopic (exact) mass is 287 g/mol. The van der Waals surface area contributed by atoms with E-state index >= 15 is 0 Å². The van der Waals surface area contributed by atoms with Crippen molar-refractivity contribution in [2.75, 3.05) is 0 Å². The van der Waals surface area contributed by atoms with Crippen LogP contribution in [0, 0.1) is 6.92 Å². The summed E-state index contributed by atoms with van der Waals surface area (Å²) in [6, 6.07) is 5.38. The number of aryl methyl sites for hydroxylation is 1. The first-order valence-electron chi connectivity index (χ1n) is 6.34. The molecule has 0 bridgehead atoms. The van der Waals surface area contributed by atoms with Crippen LogP contribution in [0.5, 0.6) is 0 Å². The number of thiazole rings is 1. The molecule has 1 aromatic carbocycles. The van der Waals surface area contributed by atoms with Crippen LogP contribution >= 0.6 is 11.3 Å². The van der Waals surface area contributed by atoms with E-state index in [0.29, 0.717) is 17.5 Å². The number of benzene rings is 1. The van der Waals surface area contributed by atoms with Crippen LogP contribution in [0.15, 0.2) is 23.6 Å². The Morgan fingerprint density at radius 2 is 2.30 bits per heavy atom. The van der Waals surface area contributed by atoms with E-state index in [-0.39, 0.29) is 18.1 Å². The summed E-state index contributed by atoms with van der Waals surface area (Å²) in [5.74, 6) is -0.789. The minimum Gasteiger partial charge on any atom is -0.481 e. The molecule has 0 radical (unpaired) electrons. The molecule has 2 aromatic rings. The smallest absolute Gasteiger partial charge is 0.307 e. The highest BCUT2D eigenvalue weighted by molar-refractivity contribution is 7.09. The summed E-state index contributed by atoms with van der Waals surface area (Å²) >= 11 is 1.57. The number of fused-ring (bicyclic) bond motifs is 1. The van der Waals surface area contributed by atoms with Gasteiger partial charge in [-0.1, -0.05) is 12.1 Å². The van der Waals surface area contributed by atoms with E-state index in [1.54, 1.807) is 23.5 Å². The highest BCUT2D eigenvalue weighted by Crippen LogP contribution is 2.39. The lowest BCUT2D eigenvalue weighted by Crippen LogP contribution is -2.02. The Balaban J connectivity index is 1.99. The van der Waals surface area contributed by atoms with E-state index < -0.39 is 5.97 Å². The van der Waals surface area contributed by atoms with Gasteiger partial charge in [0.05, 0.1) is 6.42 Å². The molecule has 0 amide bonds. The molecule has 0 fully saturated rings. The molecule has 0 aliphatic heterocycles. The number of carbonyl (C=O) groups excluding carboxylic acids is 1. The normalized spacial score (nSPS) is 17.2. The molecule has 1 N–H and O–H groups in total. The topological polar surface area (TPSA) is 67.3 Å². The lowest BCUT2D eigenvalue weighted by Gasteiger charge is -2.07. The maximum atomic E-state index is 12.1. The summed E-state index contributed by atoms with van der Waals surface area (Å²) in [6.45, 7) is 1.94. The molecular formula is C15H13NO3S. The number of nitrogens with zero attached hydrogens (tertiary/aromatic N) is 1. The number of aromatic nitrogens is 1. The molecule has 5 heteroatoms. The quantitative estimate of drug-likeness (QED) is 0.942. The first-order valence-corrected chi connectivity index (χ1v) is 7.22. The highest BCUT2D eigenvalue weighted by atomic mass is 32.1. The SMILES string of the molecule is Cc1csc(C2CC(=O)c3cc(CC(=O)O)ccc32)n1. The Morgan fingerprint density at radius 3 is 2.95 bits per heavy atom. The molecular weight excluding hydrogens is 274 g/mol. The molecule has 1 atom stereocenters. The number of hydrogen-bond donors (Lipinski definition) is 1. The third kappa shape index (κ3) is 2.25. The first-order chi connectivity index (χ1) is 9.54. The van der Waals surface area contributed by atoms with Crippen LogP contribution in [0.4, 0.5) is 0 Å². The van der Waals surface area contributed by atoms with Gasteiger partial charge in [-0.25, -0.2) is 4.98 Å². The predicted molar refractivity (Wildman–Crippen MR) is 75.4 cm³/mol. The average molecular weight is 287 g/mol. The number of carboxylic acid groups (broad SMARTS) is 1. The van der Waals surface area contributed by atoms with Crippen molar-refractivity contribution < 1.29 is 14.7 Å². The molecule has 0 spiro atoms. The second kappa shape index (κ2) is 4.83. The second-order valence-corrected chi connectivity index (χ2v) is 5.89. The van der Waals surface area contributed by atoms with Gasteiger partial charge >= 0.3 is 5.97 Å². The Kier molecular flexibility index (Phi) is 3.14. The number of Topliss-reactive ketones (excluding diaryl/α,β-unsaturated/α-hetero) is 1. The van der Waals surface area contributed by atoms with Gasteiger partial charge in [-0.3, -0.25) is 9.59 Å². The minimum atomic E-state index is -0.887. The highest BCUT2D eigenvalue weighted by Gasteiger charge is 2.32. The third-order valence-electron chi connectivity index (χ3n) is 3.47. The van der Waals surface area contributed by atoms with Crippen LogP contribution in [0.2, 0.25) is 0 Å². The standard InChI is InChI=1S/C15H13NO3S/c1-8-7-20-15(16-8)12-6-13(17)11-4-9(5-14(18)19)2-3-10(11)12/h2-4,7,12H,5-6H2,1H3,(H,18,19). The maximum absolute atomic E-state index is 12.1. The van der Waals surface area contributed by atoms with Gasteiger partial charge in [-0.05, 0) is 24.1 Å². The van der Waals surface area contributed by atoms with Gasteiger partial charge in [0.2, 0.25) is 0 Å². The zero-order chi connectivity index (χ0) is 14.3. The Morgan fingerprint density at radius 1 is 1.50 bits per heavy atom. The fraction of sp³-hybridized carbons (Fsp3) is 0.267. The van der Waals surface area contributed by atoms with E-state index in [2.05, 4.69) is 4.98 Å².